The van der Waals surface area contributed by atoms with Crippen LogP contribution in [0.5, 0.6) is 0 Å². The fourth-order valence-corrected chi connectivity index (χ4v) is 1.64. The van der Waals surface area contributed by atoms with Crippen molar-refractivity contribution in [1.82, 2.24) is 9.97 Å². The number of nitrogens with zero attached hydrogens (tertiary/aromatic N) is 2. The monoisotopic (exact) mass is 282 g/mol. The summed E-state index contributed by atoms with van der Waals surface area (Å²) in [5, 5.41) is 0. The molecule has 2 rings (SSSR count). The molecular weight excluding hydrogens is 275 g/mol. The fraction of sp³-hybridized carbons (Fsp3) is 0.0909. The zero-order valence-corrected chi connectivity index (χ0v) is 10.2. The minimum atomic E-state index is 0.338. The van der Waals surface area contributed by atoms with Gasteiger partial charge < -0.3 is 0 Å². The van der Waals surface area contributed by atoms with E-state index in [9.17, 15) is 0 Å². The van der Waals surface area contributed by atoms with Crippen LogP contribution in [-0.4, -0.2) is 9.97 Å². The normalized spacial score (nSPS) is 10.3. The van der Waals surface area contributed by atoms with Gasteiger partial charge in [0, 0.05) is 16.2 Å². The highest BCUT2D eigenvalue weighted by molar-refractivity contribution is 9.10. The van der Waals surface area contributed by atoms with Gasteiger partial charge in [0.05, 0.1) is 11.6 Å². The zero-order valence-electron chi connectivity index (χ0n) is 7.82. The van der Waals surface area contributed by atoms with Crippen molar-refractivity contribution in [1.29, 1.82) is 0 Å². The van der Waals surface area contributed by atoms with Gasteiger partial charge in [-0.1, -0.05) is 28.1 Å². The van der Waals surface area contributed by atoms with Crippen LogP contribution in [-0.2, 0) is 5.88 Å². The molecule has 1 aromatic carbocycles. The van der Waals surface area contributed by atoms with Crippen molar-refractivity contribution in [2.75, 3.05) is 0 Å². The van der Waals surface area contributed by atoms with Gasteiger partial charge in [0.2, 0.25) is 0 Å². The van der Waals surface area contributed by atoms with E-state index in [2.05, 4.69) is 25.9 Å². The Morgan fingerprint density at radius 1 is 1.13 bits per heavy atom. The molecule has 0 saturated heterocycles. The highest BCUT2D eigenvalue weighted by Gasteiger charge is 2.00. The highest BCUT2D eigenvalue weighted by atomic mass is 79.9. The number of hydrogen-bond donors (Lipinski definition) is 0. The number of rotatable bonds is 2. The van der Waals surface area contributed by atoms with E-state index < -0.39 is 0 Å². The van der Waals surface area contributed by atoms with Gasteiger partial charge in [-0.3, -0.25) is 0 Å². The van der Waals surface area contributed by atoms with Crippen LogP contribution in [0.25, 0.3) is 11.3 Å². The first-order chi connectivity index (χ1) is 7.29. The van der Waals surface area contributed by atoms with Gasteiger partial charge in [0.25, 0.3) is 0 Å². The summed E-state index contributed by atoms with van der Waals surface area (Å²) in [5.74, 6) is 0.988. The molecule has 0 radical (unpaired) electrons. The van der Waals surface area contributed by atoms with E-state index >= 15 is 0 Å². The molecule has 0 fully saturated rings. The van der Waals surface area contributed by atoms with E-state index in [1.54, 1.807) is 6.20 Å². The average Bonchev–Trinajstić information content (AvgIpc) is 2.30. The van der Waals surface area contributed by atoms with Crippen molar-refractivity contribution in [2.45, 2.75) is 5.88 Å². The van der Waals surface area contributed by atoms with Gasteiger partial charge in [-0.25, -0.2) is 9.97 Å². The third kappa shape index (κ3) is 2.55. The number of alkyl halides is 1. The molecule has 4 heteroatoms. The van der Waals surface area contributed by atoms with Crippen LogP contribution in [0.15, 0.2) is 41.0 Å². The third-order valence-corrected chi connectivity index (χ3v) is 2.73. The summed E-state index contributed by atoms with van der Waals surface area (Å²) in [6.45, 7) is 0. The molecule has 0 unspecified atom stereocenters. The molecule has 0 bridgehead atoms. The summed E-state index contributed by atoms with van der Waals surface area (Å²) >= 11 is 9.07. The van der Waals surface area contributed by atoms with Crippen LogP contribution in [0.1, 0.15) is 5.82 Å². The van der Waals surface area contributed by atoms with Crippen molar-refractivity contribution in [3.63, 3.8) is 0 Å². The second-order valence-electron chi connectivity index (χ2n) is 3.00. The minimum Gasteiger partial charge on any atom is -0.240 e. The predicted octanol–water partition coefficient (Wildman–Crippen LogP) is 3.64. The van der Waals surface area contributed by atoms with Crippen LogP contribution in [0.2, 0.25) is 0 Å². The summed E-state index contributed by atoms with van der Waals surface area (Å²) < 4.78 is 1.05. The predicted molar refractivity (Wildman–Crippen MR) is 64.7 cm³/mol. The number of benzene rings is 1. The Labute approximate surface area is 101 Å². The van der Waals surface area contributed by atoms with Crippen LogP contribution in [0.4, 0.5) is 0 Å². The lowest BCUT2D eigenvalue weighted by atomic mass is 10.1. The largest absolute Gasteiger partial charge is 0.240 e. The lowest BCUT2D eigenvalue weighted by Crippen LogP contribution is -1.92. The molecular formula is C11H8BrClN2. The summed E-state index contributed by atoms with van der Waals surface area (Å²) in [6.07, 6.45) is 1.72. The second kappa shape index (κ2) is 4.73. The van der Waals surface area contributed by atoms with Crippen molar-refractivity contribution in [3.05, 3.63) is 46.8 Å². The van der Waals surface area contributed by atoms with Crippen molar-refractivity contribution < 1.29 is 0 Å². The Morgan fingerprint density at radius 2 is 1.87 bits per heavy atom. The molecule has 0 spiro atoms. The Morgan fingerprint density at radius 3 is 2.53 bits per heavy atom. The fourth-order valence-electron chi connectivity index (χ4n) is 1.24. The van der Waals surface area contributed by atoms with Gasteiger partial charge in [-0.05, 0) is 18.2 Å². The lowest BCUT2D eigenvalue weighted by Gasteiger charge is -2.01. The van der Waals surface area contributed by atoms with Crippen molar-refractivity contribution in [3.8, 4) is 11.3 Å². The Hall–Kier alpha value is -0.930. The van der Waals surface area contributed by atoms with Crippen molar-refractivity contribution in [2.24, 2.45) is 0 Å². The van der Waals surface area contributed by atoms with Crippen LogP contribution < -0.4 is 0 Å². The zero-order chi connectivity index (χ0) is 10.7. The standard InChI is InChI=1S/C11H8BrClN2/c12-9-3-1-8(2-4-9)10-5-6-14-11(7-13)15-10/h1-6H,7H2. The SMILES string of the molecule is ClCc1nccc(-c2ccc(Br)cc2)n1. The van der Waals surface area contributed by atoms with Crippen LogP contribution in [0.3, 0.4) is 0 Å². The number of hydrogen-bond acceptors (Lipinski definition) is 2. The maximum Gasteiger partial charge on any atom is 0.143 e. The van der Waals surface area contributed by atoms with E-state index in [0.717, 1.165) is 15.7 Å². The summed E-state index contributed by atoms with van der Waals surface area (Å²) in [7, 11) is 0. The van der Waals surface area contributed by atoms with Gasteiger partial charge >= 0.3 is 0 Å². The quantitative estimate of drug-likeness (QED) is 0.786. The van der Waals surface area contributed by atoms with Crippen molar-refractivity contribution >= 4 is 27.5 Å². The molecule has 0 aliphatic heterocycles. The van der Waals surface area contributed by atoms with E-state index in [1.165, 1.54) is 0 Å². The van der Waals surface area contributed by atoms with Crippen LogP contribution >= 0.6 is 27.5 Å². The molecule has 0 aliphatic rings. The molecule has 76 valence electrons. The maximum atomic E-state index is 5.68. The Bertz CT molecular complexity index is 456. The molecule has 0 N–H and O–H groups in total. The van der Waals surface area contributed by atoms with Gasteiger partial charge in [-0.15, -0.1) is 11.6 Å². The third-order valence-electron chi connectivity index (χ3n) is 1.96. The number of aromatic nitrogens is 2. The molecule has 0 atom stereocenters. The minimum absolute atomic E-state index is 0.338. The molecule has 15 heavy (non-hydrogen) atoms. The first-order valence-electron chi connectivity index (χ1n) is 4.43. The topological polar surface area (TPSA) is 25.8 Å². The van der Waals surface area contributed by atoms with Crippen LogP contribution in [0, 0.1) is 0 Å². The molecule has 0 aliphatic carbocycles. The van der Waals surface area contributed by atoms with E-state index in [4.69, 9.17) is 11.6 Å². The van der Waals surface area contributed by atoms with E-state index in [0.29, 0.717) is 11.7 Å². The smallest absolute Gasteiger partial charge is 0.143 e. The molecule has 1 heterocycles. The number of halogens is 2. The summed E-state index contributed by atoms with van der Waals surface area (Å²) in [4.78, 5) is 8.38. The molecule has 0 amide bonds. The molecule has 0 saturated carbocycles. The first kappa shape index (κ1) is 10.6. The molecule has 1 aromatic heterocycles. The highest BCUT2D eigenvalue weighted by Crippen LogP contribution is 2.19. The summed E-state index contributed by atoms with van der Waals surface area (Å²) in [6, 6.07) is 9.85. The first-order valence-corrected chi connectivity index (χ1v) is 5.76. The Kier molecular flexibility index (Phi) is 3.34. The average molecular weight is 284 g/mol. The maximum absolute atomic E-state index is 5.68. The lowest BCUT2D eigenvalue weighted by molar-refractivity contribution is 1.03. The van der Waals surface area contributed by atoms with E-state index in [1.807, 2.05) is 30.3 Å². The second-order valence-corrected chi connectivity index (χ2v) is 4.18. The van der Waals surface area contributed by atoms with Gasteiger partial charge in [0.1, 0.15) is 5.82 Å². The summed E-state index contributed by atoms with van der Waals surface area (Å²) in [5.41, 5.74) is 1.96. The Balaban J connectivity index is 2.40. The molecule has 2 aromatic rings. The van der Waals surface area contributed by atoms with E-state index in [-0.39, 0.29) is 0 Å². The molecule has 2 nitrogen and oxygen atoms in total. The van der Waals surface area contributed by atoms with Gasteiger partial charge in [-0.2, -0.15) is 0 Å². The van der Waals surface area contributed by atoms with Gasteiger partial charge in [0.15, 0.2) is 0 Å².